The number of piperazine rings is 1. The van der Waals surface area contributed by atoms with Crippen LogP contribution in [0.1, 0.15) is 31.9 Å². The highest BCUT2D eigenvalue weighted by Gasteiger charge is 2.23. The van der Waals surface area contributed by atoms with Gasteiger partial charge in [-0.2, -0.15) is 0 Å². The van der Waals surface area contributed by atoms with Crippen LogP contribution in [0, 0.1) is 5.92 Å². The number of benzene rings is 1. The smallest absolute Gasteiger partial charge is 0.0352 e. The van der Waals surface area contributed by atoms with Crippen molar-refractivity contribution in [1.29, 1.82) is 0 Å². The molecule has 1 aliphatic rings. The summed E-state index contributed by atoms with van der Waals surface area (Å²) in [5.74, 6) is 0.706. The van der Waals surface area contributed by atoms with Crippen molar-refractivity contribution >= 4 is 31.9 Å². The van der Waals surface area contributed by atoms with Crippen LogP contribution >= 0.6 is 31.9 Å². The van der Waals surface area contributed by atoms with E-state index in [2.05, 4.69) is 74.1 Å². The van der Waals surface area contributed by atoms with Crippen LogP contribution in [-0.4, -0.2) is 31.1 Å². The quantitative estimate of drug-likeness (QED) is 0.829. The monoisotopic (exact) mass is 388 g/mol. The van der Waals surface area contributed by atoms with E-state index >= 15 is 0 Å². The zero-order valence-electron chi connectivity index (χ0n) is 11.6. The van der Waals surface area contributed by atoms with Gasteiger partial charge in [0.15, 0.2) is 0 Å². The molecule has 1 fully saturated rings. The Bertz CT molecular complexity index is 394. The lowest BCUT2D eigenvalue weighted by Crippen LogP contribution is -2.45. The van der Waals surface area contributed by atoms with Gasteiger partial charge in [-0.3, -0.25) is 4.90 Å². The summed E-state index contributed by atoms with van der Waals surface area (Å²) >= 11 is 7.22. The van der Waals surface area contributed by atoms with E-state index in [0.29, 0.717) is 12.0 Å². The van der Waals surface area contributed by atoms with Gasteiger partial charge < -0.3 is 5.32 Å². The average molecular weight is 390 g/mol. The lowest BCUT2D eigenvalue weighted by Gasteiger charge is -2.36. The predicted octanol–water partition coefficient (Wildman–Crippen LogP) is 4.20. The first-order chi connectivity index (χ1) is 9.06. The van der Waals surface area contributed by atoms with E-state index in [1.165, 1.54) is 12.0 Å². The standard InChI is InChI=1S/C15H22Br2N2/c1-11(2)7-15(19-5-3-18-4-6-19)12-8-13(16)10-14(17)9-12/h8-11,15,18H,3-7H2,1-2H3/t15-/m0/s1. The molecule has 106 valence electrons. The molecule has 2 nitrogen and oxygen atoms in total. The van der Waals surface area contributed by atoms with Gasteiger partial charge in [0, 0.05) is 41.2 Å². The molecule has 2 rings (SSSR count). The maximum Gasteiger partial charge on any atom is 0.0352 e. The number of halogens is 2. The minimum atomic E-state index is 0.524. The Kier molecular flexibility index (Phi) is 5.87. The molecule has 1 heterocycles. The van der Waals surface area contributed by atoms with E-state index in [-0.39, 0.29) is 0 Å². The molecule has 0 spiro atoms. The molecule has 1 aliphatic heterocycles. The van der Waals surface area contributed by atoms with Crippen LogP contribution in [0.15, 0.2) is 27.1 Å². The lowest BCUT2D eigenvalue weighted by atomic mass is 9.95. The Balaban J connectivity index is 2.24. The number of hydrogen-bond donors (Lipinski definition) is 1. The molecule has 0 radical (unpaired) electrons. The van der Waals surface area contributed by atoms with Crippen molar-refractivity contribution in [2.24, 2.45) is 5.92 Å². The van der Waals surface area contributed by atoms with Crippen molar-refractivity contribution in [2.75, 3.05) is 26.2 Å². The molecule has 1 saturated heterocycles. The molecule has 1 N–H and O–H groups in total. The highest BCUT2D eigenvalue weighted by atomic mass is 79.9. The second kappa shape index (κ2) is 7.21. The van der Waals surface area contributed by atoms with Crippen molar-refractivity contribution < 1.29 is 0 Å². The summed E-state index contributed by atoms with van der Waals surface area (Å²) < 4.78 is 2.31. The summed E-state index contributed by atoms with van der Waals surface area (Å²) in [7, 11) is 0. The van der Waals surface area contributed by atoms with Crippen LogP contribution in [-0.2, 0) is 0 Å². The van der Waals surface area contributed by atoms with E-state index in [1.807, 2.05) is 0 Å². The van der Waals surface area contributed by atoms with Crippen molar-refractivity contribution in [2.45, 2.75) is 26.3 Å². The highest BCUT2D eigenvalue weighted by molar-refractivity contribution is 9.11. The number of nitrogens with zero attached hydrogens (tertiary/aromatic N) is 1. The van der Waals surface area contributed by atoms with Crippen molar-refractivity contribution in [3.63, 3.8) is 0 Å². The predicted molar refractivity (Wildman–Crippen MR) is 88.5 cm³/mol. The Labute approximate surface area is 133 Å². The lowest BCUT2D eigenvalue weighted by molar-refractivity contribution is 0.154. The fourth-order valence-corrected chi connectivity index (χ4v) is 4.03. The third-order valence-corrected chi connectivity index (χ3v) is 4.47. The second-order valence-electron chi connectivity index (χ2n) is 5.63. The molecule has 1 atom stereocenters. The van der Waals surface area contributed by atoms with Gasteiger partial charge in [-0.25, -0.2) is 0 Å². The maximum absolute atomic E-state index is 3.61. The van der Waals surface area contributed by atoms with Gasteiger partial charge in [-0.1, -0.05) is 45.7 Å². The van der Waals surface area contributed by atoms with E-state index in [9.17, 15) is 0 Å². The Morgan fingerprint density at radius 3 is 2.21 bits per heavy atom. The average Bonchev–Trinajstić information content (AvgIpc) is 2.35. The zero-order chi connectivity index (χ0) is 13.8. The third-order valence-electron chi connectivity index (χ3n) is 3.56. The molecule has 0 bridgehead atoms. The summed E-state index contributed by atoms with van der Waals surface area (Å²) in [6.07, 6.45) is 1.21. The SMILES string of the molecule is CC(C)C[C@@H](c1cc(Br)cc(Br)c1)N1CCNCC1. The first kappa shape index (κ1) is 15.5. The molecule has 19 heavy (non-hydrogen) atoms. The van der Waals surface area contributed by atoms with E-state index in [4.69, 9.17) is 0 Å². The normalized spacial score (nSPS) is 18.8. The fraction of sp³-hybridized carbons (Fsp3) is 0.600. The molecule has 0 aliphatic carbocycles. The molecular formula is C15H22Br2N2. The Hall–Kier alpha value is 0.1000. The molecule has 0 saturated carbocycles. The minimum absolute atomic E-state index is 0.524. The molecule has 0 unspecified atom stereocenters. The first-order valence-electron chi connectivity index (χ1n) is 6.97. The minimum Gasteiger partial charge on any atom is -0.314 e. The molecule has 0 aromatic heterocycles. The molecular weight excluding hydrogens is 368 g/mol. The van der Waals surface area contributed by atoms with Gasteiger partial charge in [0.2, 0.25) is 0 Å². The van der Waals surface area contributed by atoms with Crippen molar-refractivity contribution in [3.05, 3.63) is 32.7 Å². The number of rotatable bonds is 4. The summed E-state index contributed by atoms with van der Waals surface area (Å²) in [4.78, 5) is 2.62. The first-order valence-corrected chi connectivity index (χ1v) is 8.55. The van der Waals surface area contributed by atoms with Crippen LogP contribution in [0.5, 0.6) is 0 Å². The molecule has 1 aromatic rings. The summed E-state index contributed by atoms with van der Waals surface area (Å²) in [5.41, 5.74) is 1.41. The third kappa shape index (κ3) is 4.55. The van der Waals surface area contributed by atoms with Crippen LogP contribution in [0.3, 0.4) is 0 Å². The Morgan fingerprint density at radius 1 is 1.11 bits per heavy atom. The van der Waals surface area contributed by atoms with Gasteiger partial charge in [0.25, 0.3) is 0 Å². The van der Waals surface area contributed by atoms with E-state index in [0.717, 1.165) is 35.1 Å². The topological polar surface area (TPSA) is 15.3 Å². The van der Waals surface area contributed by atoms with Gasteiger partial charge >= 0.3 is 0 Å². The second-order valence-corrected chi connectivity index (χ2v) is 7.47. The molecule has 4 heteroatoms. The van der Waals surface area contributed by atoms with Crippen molar-refractivity contribution in [3.8, 4) is 0 Å². The summed E-state index contributed by atoms with van der Waals surface area (Å²) in [5, 5.41) is 3.44. The highest BCUT2D eigenvalue weighted by Crippen LogP contribution is 2.32. The zero-order valence-corrected chi connectivity index (χ0v) is 14.8. The Morgan fingerprint density at radius 2 is 1.68 bits per heavy atom. The number of nitrogens with one attached hydrogen (secondary N) is 1. The number of hydrogen-bond acceptors (Lipinski definition) is 2. The molecule has 0 amide bonds. The van der Waals surface area contributed by atoms with Crippen molar-refractivity contribution in [1.82, 2.24) is 10.2 Å². The van der Waals surface area contributed by atoms with Gasteiger partial charge in [-0.05, 0) is 36.1 Å². The summed E-state index contributed by atoms with van der Waals surface area (Å²) in [6, 6.07) is 7.16. The van der Waals surface area contributed by atoms with Gasteiger partial charge in [-0.15, -0.1) is 0 Å². The van der Waals surface area contributed by atoms with Gasteiger partial charge in [0.05, 0.1) is 0 Å². The molecule has 1 aromatic carbocycles. The van der Waals surface area contributed by atoms with E-state index in [1.54, 1.807) is 0 Å². The van der Waals surface area contributed by atoms with Crippen LogP contribution in [0.25, 0.3) is 0 Å². The van der Waals surface area contributed by atoms with E-state index < -0.39 is 0 Å². The van der Waals surface area contributed by atoms with Crippen LogP contribution in [0.4, 0.5) is 0 Å². The largest absolute Gasteiger partial charge is 0.314 e. The maximum atomic E-state index is 3.61. The van der Waals surface area contributed by atoms with Gasteiger partial charge in [0.1, 0.15) is 0 Å². The van der Waals surface area contributed by atoms with Crippen LogP contribution < -0.4 is 5.32 Å². The van der Waals surface area contributed by atoms with Crippen LogP contribution in [0.2, 0.25) is 0 Å². The fourth-order valence-electron chi connectivity index (χ4n) is 2.70. The summed E-state index contributed by atoms with van der Waals surface area (Å²) in [6.45, 7) is 9.10.